The van der Waals surface area contributed by atoms with Crippen LogP contribution in [0, 0.1) is 0 Å². The summed E-state index contributed by atoms with van der Waals surface area (Å²) in [6.45, 7) is 0.641. The molecule has 0 spiro atoms. The van der Waals surface area contributed by atoms with Crippen molar-refractivity contribution in [2.24, 2.45) is 0 Å². The number of alkyl halides is 3. The van der Waals surface area contributed by atoms with Gasteiger partial charge in [0.05, 0.1) is 0 Å². The molecule has 1 N–H and O–H groups in total. The molecule has 1 aromatic carbocycles. The number of aromatic nitrogens is 3. The zero-order valence-electron chi connectivity index (χ0n) is 15.2. The molecule has 6 nitrogen and oxygen atoms in total. The smallest absolute Gasteiger partial charge is 0.324 e. The first-order valence-corrected chi connectivity index (χ1v) is 9.42. The van der Waals surface area contributed by atoms with E-state index in [9.17, 15) is 18.0 Å². The first kappa shape index (κ1) is 19.5. The number of benzene rings is 1. The van der Waals surface area contributed by atoms with Crippen molar-refractivity contribution in [2.75, 3.05) is 18.4 Å². The van der Waals surface area contributed by atoms with Crippen molar-refractivity contribution in [3.05, 3.63) is 53.4 Å². The Morgan fingerprint density at radius 1 is 1.17 bits per heavy atom. The predicted octanol–water partition coefficient (Wildman–Crippen LogP) is 4.97. The third kappa shape index (κ3) is 4.00. The lowest BCUT2D eigenvalue weighted by Crippen LogP contribution is -2.42. The molecule has 0 aliphatic carbocycles. The van der Waals surface area contributed by atoms with Crippen LogP contribution in [-0.4, -0.2) is 38.6 Å². The maximum absolute atomic E-state index is 13.5. The van der Waals surface area contributed by atoms with Crippen LogP contribution in [0.5, 0.6) is 0 Å². The van der Waals surface area contributed by atoms with Gasteiger partial charge in [0.2, 0.25) is 5.82 Å². The van der Waals surface area contributed by atoms with Crippen LogP contribution in [-0.2, 0) is 6.18 Å². The summed E-state index contributed by atoms with van der Waals surface area (Å²) in [6, 6.07) is 9.09. The second kappa shape index (κ2) is 7.55. The number of pyridine rings is 1. The minimum absolute atomic E-state index is 0.209. The maximum Gasteiger partial charge on any atom is 0.449 e. The minimum Gasteiger partial charge on any atom is -0.324 e. The number of urea groups is 1. The van der Waals surface area contributed by atoms with E-state index in [0.717, 1.165) is 0 Å². The van der Waals surface area contributed by atoms with Gasteiger partial charge in [-0.05, 0) is 43.2 Å². The summed E-state index contributed by atoms with van der Waals surface area (Å²) in [6.07, 6.45) is -2.39. The van der Waals surface area contributed by atoms with Crippen molar-refractivity contribution < 1.29 is 18.0 Å². The van der Waals surface area contributed by atoms with Crippen molar-refractivity contribution >= 4 is 34.5 Å². The number of fused-ring (bicyclic) bond motifs is 1. The van der Waals surface area contributed by atoms with Gasteiger partial charge < -0.3 is 14.8 Å². The van der Waals surface area contributed by atoms with Crippen LogP contribution in [0.2, 0.25) is 5.02 Å². The lowest BCUT2D eigenvalue weighted by molar-refractivity contribution is -0.147. The number of anilines is 1. The molecule has 3 aromatic rings. The number of piperidine rings is 1. The monoisotopic (exact) mass is 423 g/mol. The van der Waals surface area contributed by atoms with Crippen molar-refractivity contribution in [1.82, 2.24) is 19.4 Å². The molecule has 1 aliphatic rings. The van der Waals surface area contributed by atoms with E-state index in [4.69, 9.17) is 11.6 Å². The molecule has 10 heteroatoms. The number of carbonyl (C=O) groups is 1. The van der Waals surface area contributed by atoms with E-state index in [1.165, 1.54) is 16.8 Å². The number of likely N-dealkylation sites (tertiary alicyclic amines) is 1. The van der Waals surface area contributed by atoms with Crippen LogP contribution in [0.1, 0.15) is 24.7 Å². The molecule has 2 aromatic heterocycles. The SMILES string of the molecule is O=C(Nc1cccc(Cl)c1)N1CCC(n2c(C(F)(F)F)nc3cccnc32)CC1. The second-order valence-corrected chi connectivity index (χ2v) is 7.24. The third-order valence-corrected chi connectivity index (χ3v) is 5.13. The molecule has 29 heavy (non-hydrogen) atoms. The number of rotatable bonds is 2. The average Bonchev–Trinajstić information content (AvgIpc) is 3.08. The topological polar surface area (TPSA) is 63.1 Å². The third-order valence-electron chi connectivity index (χ3n) is 4.90. The highest BCUT2D eigenvalue weighted by Gasteiger charge is 2.40. The summed E-state index contributed by atoms with van der Waals surface area (Å²) in [7, 11) is 0. The van der Waals surface area contributed by atoms with Crippen LogP contribution in [0.4, 0.5) is 23.7 Å². The molecule has 1 fully saturated rings. The number of halogens is 4. The predicted molar refractivity (Wildman–Crippen MR) is 103 cm³/mol. The summed E-state index contributed by atoms with van der Waals surface area (Å²) in [4.78, 5) is 21.9. The van der Waals surface area contributed by atoms with E-state index < -0.39 is 18.0 Å². The highest BCUT2D eigenvalue weighted by molar-refractivity contribution is 6.30. The molecule has 0 atom stereocenters. The highest BCUT2D eigenvalue weighted by atomic mass is 35.5. The molecule has 2 amide bonds. The van der Waals surface area contributed by atoms with Crippen molar-refractivity contribution in [3.63, 3.8) is 0 Å². The van der Waals surface area contributed by atoms with E-state index in [0.29, 0.717) is 36.6 Å². The number of hydrogen-bond donors (Lipinski definition) is 1. The van der Waals surface area contributed by atoms with Gasteiger partial charge in [-0.2, -0.15) is 13.2 Å². The van der Waals surface area contributed by atoms with Crippen LogP contribution in [0.25, 0.3) is 11.2 Å². The number of imidazole rings is 1. The summed E-state index contributed by atoms with van der Waals surface area (Å²) in [5.74, 6) is -0.951. The molecule has 0 unspecified atom stereocenters. The number of carbonyl (C=O) groups excluding carboxylic acids is 1. The highest BCUT2D eigenvalue weighted by Crippen LogP contribution is 2.36. The van der Waals surface area contributed by atoms with Gasteiger partial charge in [0.15, 0.2) is 5.65 Å². The number of hydrogen-bond acceptors (Lipinski definition) is 3. The molecule has 152 valence electrons. The van der Waals surface area contributed by atoms with Crippen LogP contribution < -0.4 is 5.32 Å². The Kier molecular flexibility index (Phi) is 5.08. The molecule has 4 rings (SSSR count). The molecule has 0 saturated carbocycles. The number of nitrogens with zero attached hydrogens (tertiary/aromatic N) is 4. The lowest BCUT2D eigenvalue weighted by atomic mass is 10.0. The maximum atomic E-state index is 13.5. The lowest BCUT2D eigenvalue weighted by Gasteiger charge is -2.33. The molecule has 0 radical (unpaired) electrons. The van der Waals surface area contributed by atoms with Gasteiger partial charge in [0.25, 0.3) is 0 Å². The number of amides is 2. The van der Waals surface area contributed by atoms with E-state index in [1.807, 2.05) is 0 Å². The van der Waals surface area contributed by atoms with Gasteiger partial charge in [-0.25, -0.2) is 14.8 Å². The van der Waals surface area contributed by atoms with Crippen molar-refractivity contribution in [3.8, 4) is 0 Å². The molecule has 3 heterocycles. The average molecular weight is 424 g/mol. The van der Waals surface area contributed by atoms with Crippen LogP contribution in [0.15, 0.2) is 42.6 Å². The fourth-order valence-electron chi connectivity index (χ4n) is 3.57. The van der Waals surface area contributed by atoms with Gasteiger partial charge in [-0.3, -0.25) is 0 Å². The molecular weight excluding hydrogens is 407 g/mol. The summed E-state index contributed by atoms with van der Waals surface area (Å²) >= 11 is 5.92. The summed E-state index contributed by atoms with van der Waals surface area (Å²) in [5.41, 5.74) is 0.983. The Balaban J connectivity index is 1.51. The van der Waals surface area contributed by atoms with Gasteiger partial charge >= 0.3 is 12.2 Å². The Labute approximate surface area is 169 Å². The Morgan fingerprint density at radius 3 is 2.62 bits per heavy atom. The Morgan fingerprint density at radius 2 is 1.93 bits per heavy atom. The molecular formula is C19H17ClF3N5O. The zero-order valence-corrected chi connectivity index (χ0v) is 15.9. The molecule has 1 saturated heterocycles. The van der Waals surface area contributed by atoms with Gasteiger partial charge in [-0.1, -0.05) is 17.7 Å². The van der Waals surface area contributed by atoms with E-state index in [-0.39, 0.29) is 17.2 Å². The molecule has 1 aliphatic heterocycles. The first-order valence-electron chi connectivity index (χ1n) is 9.04. The second-order valence-electron chi connectivity index (χ2n) is 6.81. The Bertz CT molecular complexity index is 1040. The quantitative estimate of drug-likeness (QED) is 0.632. The zero-order chi connectivity index (χ0) is 20.6. The standard InChI is InChI=1S/C19H17ClF3N5O/c20-12-3-1-4-13(11-12)25-18(29)27-9-6-14(7-10-27)28-16-15(5-2-8-24-16)26-17(28)19(21,22)23/h1-5,8,11,14H,6-7,9-10H2,(H,25,29). The van der Waals surface area contributed by atoms with E-state index in [1.54, 1.807) is 35.2 Å². The fourth-order valence-corrected chi connectivity index (χ4v) is 3.76. The minimum atomic E-state index is -4.58. The summed E-state index contributed by atoms with van der Waals surface area (Å²) in [5, 5.41) is 3.26. The van der Waals surface area contributed by atoms with Gasteiger partial charge in [-0.15, -0.1) is 0 Å². The fraction of sp³-hybridized carbons (Fsp3) is 0.316. The largest absolute Gasteiger partial charge is 0.449 e. The van der Waals surface area contributed by atoms with Crippen molar-refractivity contribution in [2.45, 2.75) is 25.1 Å². The van der Waals surface area contributed by atoms with E-state index >= 15 is 0 Å². The van der Waals surface area contributed by atoms with E-state index in [2.05, 4.69) is 15.3 Å². The molecule has 0 bridgehead atoms. The van der Waals surface area contributed by atoms with Gasteiger partial charge in [0, 0.05) is 36.0 Å². The van der Waals surface area contributed by atoms with Crippen LogP contribution in [0.3, 0.4) is 0 Å². The Hall–Kier alpha value is -2.81. The number of nitrogens with one attached hydrogen (secondary N) is 1. The van der Waals surface area contributed by atoms with Crippen molar-refractivity contribution in [1.29, 1.82) is 0 Å². The van der Waals surface area contributed by atoms with Gasteiger partial charge in [0.1, 0.15) is 5.52 Å². The van der Waals surface area contributed by atoms with Crippen LogP contribution >= 0.6 is 11.6 Å². The first-order chi connectivity index (χ1) is 13.8. The normalized spacial score (nSPS) is 15.7. The summed E-state index contributed by atoms with van der Waals surface area (Å²) < 4.78 is 41.7.